The molecule has 0 aliphatic heterocycles. The predicted molar refractivity (Wildman–Crippen MR) is 110 cm³/mol. The number of hydrogen-bond acceptors (Lipinski definition) is 4. The topological polar surface area (TPSA) is 74.0 Å². The predicted octanol–water partition coefficient (Wildman–Crippen LogP) is 4.21. The molecule has 4 rings (SSSR count). The second-order valence-corrected chi connectivity index (χ2v) is 6.85. The standard InChI is InChI=1S/C21H17ClFN5O2/c22-19-4-2-1-3-15(19)12-28-13-17(11-24-28)25-21(29)20-9-10-27(26-20)14-30-18-7-5-16(23)6-8-18/h1-11,13H,12,14H2,(H,25,29). The van der Waals surface area contributed by atoms with Crippen LogP contribution in [0, 0.1) is 5.82 Å². The van der Waals surface area contributed by atoms with Gasteiger partial charge in [-0.25, -0.2) is 9.07 Å². The van der Waals surface area contributed by atoms with Crippen molar-refractivity contribution in [3.8, 4) is 5.75 Å². The molecule has 0 atom stereocenters. The molecule has 2 aromatic heterocycles. The Morgan fingerprint density at radius 1 is 1.10 bits per heavy atom. The Kier molecular flexibility index (Phi) is 5.76. The summed E-state index contributed by atoms with van der Waals surface area (Å²) in [6, 6.07) is 14.7. The highest BCUT2D eigenvalue weighted by molar-refractivity contribution is 6.31. The van der Waals surface area contributed by atoms with E-state index in [1.807, 2.05) is 24.3 Å². The number of ether oxygens (including phenoxy) is 1. The Labute approximate surface area is 176 Å². The number of benzene rings is 2. The average molecular weight is 426 g/mol. The summed E-state index contributed by atoms with van der Waals surface area (Å²) in [5.41, 5.74) is 1.71. The lowest BCUT2D eigenvalue weighted by Crippen LogP contribution is -2.14. The normalized spacial score (nSPS) is 10.7. The van der Waals surface area contributed by atoms with Gasteiger partial charge in [-0.15, -0.1) is 0 Å². The van der Waals surface area contributed by atoms with Crippen molar-refractivity contribution >= 4 is 23.2 Å². The van der Waals surface area contributed by atoms with Crippen LogP contribution in [0.5, 0.6) is 5.75 Å². The van der Waals surface area contributed by atoms with Crippen LogP contribution < -0.4 is 10.1 Å². The van der Waals surface area contributed by atoms with Crippen molar-refractivity contribution in [2.45, 2.75) is 13.3 Å². The largest absolute Gasteiger partial charge is 0.471 e. The zero-order valence-electron chi connectivity index (χ0n) is 15.7. The van der Waals surface area contributed by atoms with Crippen molar-refractivity contribution in [3.05, 3.63) is 95.3 Å². The SMILES string of the molecule is O=C(Nc1cnn(Cc2ccccc2Cl)c1)c1ccn(COc2ccc(F)cc2)n1. The molecule has 0 unspecified atom stereocenters. The van der Waals surface area contributed by atoms with Crippen LogP contribution in [0.15, 0.2) is 73.2 Å². The molecule has 0 aliphatic carbocycles. The van der Waals surface area contributed by atoms with E-state index in [0.717, 1.165) is 5.56 Å². The maximum atomic E-state index is 12.9. The number of aromatic nitrogens is 4. The van der Waals surface area contributed by atoms with Gasteiger partial charge in [-0.3, -0.25) is 9.48 Å². The summed E-state index contributed by atoms with van der Waals surface area (Å²) in [7, 11) is 0. The number of halogens is 2. The molecule has 2 aromatic carbocycles. The highest BCUT2D eigenvalue weighted by Crippen LogP contribution is 2.17. The number of nitrogens with zero attached hydrogens (tertiary/aromatic N) is 4. The number of nitrogens with one attached hydrogen (secondary N) is 1. The maximum Gasteiger partial charge on any atom is 0.276 e. The van der Waals surface area contributed by atoms with E-state index in [-0.39, 0.29) is 24.1 Å². The van der Waals surface area contributed by atoms with Gasteiger partial charge in [0.05, 0.1) is 18.4 Å². The minimum atomic E-state index is -0.368. The van der Waals surface area contributed by atoms with Crippen LogP contribution >= 0.6 is 11.6 Å². The van der Waals surface area contributed by atoms with Crippen LogP contribution in [0.1, 0.15) is 16.1 Å². The third-order valence-electron chi connectivity index (χ3n) is 4.23. The third kappa shape index (κ3) is 4.84. The molecule has 30 heavy (non-hydrogen) atoms. The second kappa shape index (κ2) is 8.79. The molecule has 4 aromatic rings. The Balaban J connectivity index is 1.34. The molecular weight excluding hydrogens is 409 g/mol. The van der Waals surface area contributed by atoms with Crippen LogP contribution in [-0.4, -0.2) is 25.5 Å². The molecule has 2 heterocycles. The van der Waals surface area contributed by atoms with Crippen molar-refractivity contribution in [1.29, 1.82) is 0 Å². The van der Waals surface area contributed by atoms with Gasteiger partial charge in [0.2, 0.25) is 0 Å². The van der Waals surface area contributed by atoms with E-state index in [1.165, 1.54) is 28.9 Å². The minimum Gasteiger partial charge on any atom is -0.471 e. The molecular formula is C21H17ClFN5O2. The molecule has 0 saturated carbocycles. The summed E-state index contributed by atoms with van der Waals surface area (Å²) in [5, 5.41) is 11.8. The van der Waals surface area contributed by atoms with Crippen molar-refractivity contribution in [3.63, 3.8) is 0 Å². The van der Waals surface area contributed by atoms with E-state index in [1.54, 1.807) is 29.3 Å². The summed E-state index contributed by atoms with van der Waals surface area (Å²) in [4.78, 5) is 12.4. The average Bonchev–Trinajstić information content (AvgIpc) is 3.39. The molecule has 1 N–H and O–H groups in total. The number of anilines is 1. The van der Waals surface area contributed by atoms with E-state index in [2.05, 4.69) is 15.5 Å². The van der Waals surface area contributed by atoms with Gasteiger partial charge in [-0.05, 0) is 42.0 Å². The van der Waals surface area contributed by atoms with Crippen LogP contribution in [0.25, 0.3) is 0 Å². The summed E-state index contributed by atoms with van der Waals surface area (Å²) >= 11 is 6.17. The van der Waals surface area contributed by atoms with Crippen LogP contribution in [0.3, 0.4) is 0 Å². The molecule has 0 aliphatic rings. The molecule has 0 spiro atoms. The van der Waals surface area contributed by atoms with Crippen molar-refractivity contribution in [1.82, 2.24) is 19.6 Å². The zero-order chi connectivity index (χ0) is 20.9. The quantitative estimate of drug-likeness (QED) is 0.481. The fourth-order valence-corrected chi connectivity index (χ4v) is 2.93. The molecule has 7 nitrogen and oxygen atoms in total. The number of amides is 1. The minimum absolute atomic E-state index is 0.0919. The molecule has 152 valence electrons. The lowest BCUT2D eigenvalue weighted by molar-refractivity contribution is 0.102. The Morgan fingerprint density at radius 3 is 2.70 bits per heavy atom. The lowest BCUT2D eigenvalue weighted by Gasteiger charge is -2.05. The summed E-state index contributed by atoms with van der Waals surface area (Å²) in [5.74, 6) is -0.202. The first-order chi connectivity index (χ1) is 14.6. The van der Waals surface area contributed by atoms with Gasteiger partial charge in [-0.2, -0.15) is 10.2 Å². The fourth-order valence-electron chi connectivity index (χ4n) is 2.74. The monoisotopic (exact) mass is 425 g/mol. The highest BCUT2D eigenvalue weighted by Gasteiger charge is 2.12. The van der Waals surface area contributed by atoms with E-state index in [4.69, 9.17) is 16.3 Å². The van der Waals surface area contributed by atoms with Crippen LogP contribution in [0.4, 0.5) is 10.1 Å². The van der Waals surface area contributed by atoms with Gasteiger partial charge in [0.1, 0.15) is 11.6 Å². The van der Waals surface area contributed by atoms with E-state index in [0.29, 0.717) is 23.0 Å². The molecule has 0 radical (unpaired) electrons. The van der Waals surface area contributed by atoms with Gasteiger partial charge in [-0.1, -0.05) is 29.8 Å². The van der Waals surface area contributed by atoms with Crippen molar-refractivity contribution in [2.75, 3.05) is 5.32 Å². The van der Waals surface area contributed by atoms with Gasteiger partial charge >= 0.3 is 0 Å². The molecule has 0 saturated heterocycles. The first-order valence-electron chi connectivity index (χ1n) is 9.06. The second-order valence-electron chi connectivity index (χ2n) is 6.44. The molecule has 1 amide bonds. The van der Waals surface area contributed by atoms with E-state index in [9.17, 15) is 9.18 Å². The van der Waals surface area contributed by atoms with E-state index < -0.39 is 0 Å². The zero-order valence-corrected chi connectivity index (χ0v) is 16.5. The number of rotatable bonds is 7. The summed E-state index contributed by atoms with van der Waals surface area (Å²) in [6.45, 7) is 0.583. The Bertz CT molecular complexity index is 1160. The summed E-state index contributed by atoms with van der Waals surface area (Å²) < 4.78 is 21.6. The Hall–Kier alpha value is -3.65. The molecule has 0 bridgehead atoms. The number of carbonyl (C=O) groups is 1. The fraction of sp³-hybridized carbons (Fsp3) is 0.0952. The van der Waals surface area contributed by atoms with Gasteiger partial charge < -0.3 is 10.1 Å². The van der Waals surface area contributed by atoms with Crippen LogP contribution in [-0.2, 0) is 13.3 Å². The smallest absolute Gasteiger partial charge is 0.276 e. The first kappa shape index (κ1) is 19.7. The van der Waals surface area contributed by atoms with Crippen molar-refractivity contribution in [2.24, 2.45) is 0 Å². The first-order valence-corrected chi connectivity index (χ1v) is 9.44. The van der Waals surface area contributed by atoms with Gasteiger partial charge in [0.25, 0.3) is 5.91 Å². The lowest BCUT2D eigenvalue weighted by atomic mass is 10.2. The molecule has 9 heteroatoms. The summed E-state index contributed by atoms with van der Waals surface area (Å²) in [6.07, 6.45) is 4.90. The van der Waals surface area contributed by atoms with Crippen molar-refractivity contribution < 1.29 is 13.9 Å². The number of hydrogen-bond donors (Lipinski definition) is 1. The van der Waals surface area contributed by atoms with E-state index >= 15 is 0 Å². The van der Waals surface area contributed by atoms with Gasteiger partial charge in [0, 0.05) is 17.4 Å². The van der Waals surface area contributed by atoms with Crippen LogP contribution in [0.2, 0.25) is 5.02 Å². The van der Waals surface area contributed by atoms with Gasteiger partial charge in [0.15, 0.2) is 12.4 Å². The highest BCUT2D eigenvalue weighted by atomic mass is 35.5. The third-order valence-corrected chi connectivity index (χ3v) is 4.60. The Morgan fingerprint density at radius 2 is 1.90 bits per heavy atom. The maximum absolute atomic E-state index is 12.9. The number of carbonyl (C=O) groups excluding carboxylic acids is 1. The molecule has 0 fully saturated rings.